The number of hydrogen-bond donors (Lipinski definition) is 2. The summed E-state index contributed by atoms with van der Waals surface area (Å²) in [4.78, 5) is 30.6. The first-order valence-corrected chi connectivity index (χ1v) is 12.6. The van der Waals surface area contributed by atoms with Crippen LogP contribution in [0.5, 0.6) is 0 Å². The highest BCUT2D eigenvalue weighted by molar-refractivity contribution is 6.42. The summed E-state index contributed by atoms with van der Waals surface area (Å²) < 4.78 is 0. The molecule has 2 amide bonds. The zero-order valence-corrected chi connectivity index (χ0v) is 23.9. The lowest BCUT2D eigenvalue weighted by Crippen LogP contribution is -2.24. The normalized spacial score (nSPS) is 12.4. The van der Waals surface area contributed by atoms with Crippen molar-refractivity contribution in [1.82, 2.24) is 14.9 Å². The van der Waals surface area contributed by atoms with Gasteiger partial charge in [-0.3, -0.25) is 9.59 Å². The lowest BCUT2D eigenvalue weighted by atomic mass is 10.0. The van der Waals surface area contributed by atoms with Gasteiger partial charge in [0.25, 0.3) is 0 Å². The van der Waals surface area contributed by atoms with Crippen LogP contribution in [-0.2, 0) is 9.59 Å². The van der Waals surface area contributed by atoms with Crippen molar-refractivity contribution in [3.63, 3.8) is 0 Å². The molecule has 2 heterocycles. The predicted octanol–water partition coefficient (Wildman–Crippen LogP) is 6.49. The smallest absolute Gasteiger partial charge is 0.240 e. The highest BCUT2D eigenvalue weighted by atomic mass is 35.5. The van der Waals surface area contributed by atoms with Crippen molar-refractivity contribution in [1.29, 1.82) is 0 Å². The minimum absolute atomic E-state index is 0.225. The van der Waals surface area contributed by atoms with Gasteiger partial charge in [-0.25, -0.2) is 9.97 Å². The average molecular weight is 537 g/mol. The van der Waals surface area contributed by atoms with E-state index < -0.39 is 5.91 Å². The monoisotopic (exact) mass is 535 g/mol. The summed E-state index contributed by atoms with van der Waals surface area (Å²) in [6.45, 7) is 16.4. The zero-order valence-electron chi connectivity index (χ0n) is 22.4. The number of anilines is 1. The number of likely N-dealkylation sites (tertiary alicyclic amines) is 1. The summed E-state index contributed by atoms with van der Waals surface area (Å²) in [6, 6.07) is 5.92. The molecule has 36 heavy (non-hydrogen) atoms. The van der Waals surface area contributed by atoms with Crippen LogP contribution in [0.1, 0.15) is 59.9 Å². The molecule has 0 aliphatic carbocycles. The van der Waals surface area contributed by atoms with E-state index in [-0.39, 0.29) is 5.91 Å². The Morgan fingerprint density at radius 2 is 1.67 bits per heavy atom. The third-order valence-corrected chi connectivity index (χ3v) is 5.60. The fourth-order valence-electron chi connectivity index (χ4n) is 3.07. The van der Waals surface area contributed by atoms with E-state index in [0.29, 0.717) is 16.0 Å². The van der Waals surface area contributed by atoms with E-state index in [1.165, 1.54) is 12.8 Å². The second-order valence-corrected chi connectivity index (χ2v) is 8.70. The first kappa shape index (κ1) is 33.1. The first-order chi connectivity index (χ1) is 17.0. The molecule has 0 radical (unpaired) electrons. The summed E-state index contributed by atoms with van der Waals surface area (Å²) in [5.74, 6) is 0.342. The standard InChI is InChI=1S/C16H17Cl2N3.C6H11NO.C3H5NO.C2H6/c1-9(2)15(18)14(10(3)17)11-5-6-13-12(7-11)8-20-16(19-4)21-13;1-6(8)7-4-2-3-5-7;1-2-3(4)5;1-2/h5-8H,1-4H3,(H,19,20,21);2-5H2,1H3;2H,1H2,(H2,4,5);1-2H3/b14-10+;;;. The summed E-state index contributed by atoms with van der Waals surface area (Å²) >= 11 is 12.6. The third kappa shape index (κ3) is 11.2. The molecule has 3 N–H and O–H groups in total. The van der Waals surface area contributed by atoms with E-state index >= 15 is 0 Å². The summed E-state index contributed by atoms with van der Waals surface area (Å²) in [5.41, 5.74) is 8.24. The Morgan fingerprint density at radius 1 is 1.11 bits per heavy atom. The molecule has 1 aromatic heterocycles. The Kier molecular flexibility index (Phi) is 16.1. The van der Waals surface area contributed by atoms with Crippen molar-refractivity contribution >= 4 is 57.4 Å². The molecule has 198 valence electrons. The second kappa shape index (κ2) is 17.5. The second-order valence-electron chi connectivity index (χ2n) is 7.76. The highest BCUT2D eigenvalue weighted by Crippen LogP contribution is 2.34. The molecule has 3 rings (SSSR count). The van der Waals surface area contributed by atoms with Crippen LogP contribution in [0.3, 0.4) is 0 Å². The molecule has 1 aliphatic rings. The average Bonchev–Trinajstić information content (AvgIpc) is 3.41. The van der Waals surface area contributed by atoms with Gasteiger partial charge in [0.2, 0.25) is 17.8 Å². The fourth-order valence-corrected chi connectivity index (χ4v) is 3.57. The van der Waals surface area contributed by atoms with Crippen LogP contribution in [-0.4, -0.2) is 46.8 Å². The molecule has 0 unspecified atom stereocenters. The Balaban J connectivity index is 0.000000669. The summed E-state index contributed by atoms with van der Waals surface area (Å²) in [7, 11) is 1.79. The van der Waals surface area contributed by atoms with Crippen molar-refractivity contribution < 1.29 is 9.59 Å². The Morgan fingerprint density at radius 3 is 2.06 bits per heavy atom. The summed E-state index contributed by atoms with van der Waals surface area (Å²) in [6.07, 6.45) is 5.23. The lowest BCUT2D eigenvalue weighted by Gasteiger charge is -2.11. The molecule has 0 atom stereocenters. The van der Waals surface area contributed by atoms with Crippen LogP contribution in [0, 0.1) is 0 Å². The van der Waals surface area contributed by atoms with E-state index in [1.54, 1.807) is 20.2 Å². The topological polar surface area (TPSA) is 101 Å². The number of benzene rings is 1. The number of carbonyl (C=O) groups excluding carboxylic acids is 2. The quantitative estimate of drug-likeness (QED) is 0.344. The Bertz CT molecular complexity index is 1080. The number of aromatic nitrogens is 2. The number of nitrogens with zero attached hydrogens (tertiary/aromatic N) is 3. The lowest BCUT2D eigenvalue weighted by molar-refractivity contribution is -0.127. The minimum atomic E-state index is -0.481. The van der Waals surface area contributed by atoms with Gasteiger partial charge in [-0.15, -0.1) is 0 Å². The Labute approximate surface area is 225 Å². The van der Waals surface area contributed by atoms with Crippen LogP contribution in [0.25, 0.3) is 16.5 Å². The number of halogens is 2. The van der Waals surface area contributed by atoms with Gasteiger partial charge in [0, 0.05) is 54.3 Å². The largest absolute Gasteiger partial charge is 0.366 e. The number of hydrogen-bond acceptors (Lipinski definition) is 5. The van der Waals surface area contributed by atoms with Gasteiger partial charge < -0.3 is 16.0 Å². The van der Waals surface area contributed by atoms with Gasteiger partial charge in [0.05, 0.1) is 5.52 Å². The van der Waals surface area contributed by atoms with Crippen LogP contribution in [0.15, 0.2) is 52.7 Å². The molecule has 1 fully saturated rings. The minimum Gasteiger partial charge on any atom is -0.366 e. The maximum absolute atomic E-state index is 10.6. The first-order valence-electron chi connectivity index (χ1n) is 11.8. The number of primary amides is 1. The molecule has 0 bridgehead atoms. The molecule has 9 heteroatoms. The molecule has 7 nitrogen and oxygen atoms in total. The van der Waals surface area contributed by atoms with Crippen LogP contribution in [0.4, 0.5) is 5.95 Å². The number of fused-ring (bicyclic) bond motifs is 1. The van der Waals surface area contributed by atoms with Gasteiger partial charge in [0.15, 0.2) is 0 Å². The molecule has 1 saturated heterocycles. The van der Waals surface area contributed by atoms with Gasteiger partial charge >= 0.3 is 0 Å². The van der Waals surface area contributed by atoms with Crippen LogP contribution in [0.2, 0.25) is 0 Å². The van der Waals surface area contributed by atoms with E-state index in [2.05, 4.69) is 27.6 Å². The van der Waals surface area contributed by atoms with Gasteiger partial charge in [-0.2, -0.15) is 0 Å². The van der Waals surface area contributed by atoms with E-state index in [0.717, 1.165) is 46.8 Å². The Hall–Kier alpha value is -2.90. The number of allylic oxidation sites excluding steroid dienone is 4. The zero-order chi connectivity index (χ0) is 27.8. The van der Waals surface area contributed by atoms with E-state index in [1.807, 2.05) is 57.7 Å². The van der Waals surface area contributed by atoms with Crippen LogP contribution < -0.4 is 11.1 Å². The molecule has 2 aromatic rings. The number of rotatable bonds is 4. The van der Waals surface area contributed by atoms with Crippen molar-refractivity contribution in [2.45, 2.75) is 54.4 Å². The van der Waals surface area contributed by atoms with E-state index in [9.17, 15) is 9.59 Å². The number of nitrogens with two attached hydrogens (primary N) is 1. The van der Waals surface area contributed by atoms with Crippen LogP contribution >= 0.6 is 23.2 Å². The van der Waals surface area contributed by atoms with Gasteiger partial charge in [-0.1, -0.05) is 55.3 Å². The summed E-state index contributed by atoms with van der Waals surface area (Å²) in [5, 5.41) is 5.21. The SMILES string of the molecule is C=CC(N)=O.CC.CC(=O)N1CCCC1.CNc1ncc2cc(/C(C(Cl)=C(C)C)=C(/C)Cl)ccc2n1. The van der Waals surface area contributed by atoms with Gasteiger partial charge in [0.1, 0.15) is 0 Å². The molecule has 1 aliphatic heterocycles. The third-order valence-electron chi connectivity index (χ3n) is 4.85. The number of carbonyl (C=O) groups is 2. The maximum atomic E-state index is 10.6. The number of nitrogens with one attached hydrogen (secondary N) is 1. The molecular weight excluding hydrogens is 497 g/mol. The highest BCUT2D eigenvalue weighted by Gasteiger charge is 2.13. The predicted molar refractivity (Wildman–Crippen MR) is 154 cm³/mol. The van der Waals surface area contributed by atoms with Crippen molar-refractivity contribution in [2.75, 3.05) is 25.5 Å². The maximum Gasteiger partial charge on any atom is 0.240 e. The molecule has 0 saturated carbocycles. The van der Waals surface area contributed by atoms with Gasteiger partial charge in [-0.05, 0) is 57.4 Å². The fraction of sp³-hybridized carbons (Fsp3) is 0.407. The van der Waals surface area contributed by atoms with Crippen molar-refractivity contribution in [2.24, 2.45) is 5.73 Å². The number of amides is 2. The van der Waals surface area contributed by atoms with Crippen molar-refractivity contribution in [3.8, 4) is 0 Å². The van der Waals surface area contributed by atoms with E-state index in [4.69, 9.17) is 23.2 Å². The molecular formula is C27H39Cl2N5O2. The van der Waals surface area contributed by atoms with Crippen molar-refractivity contribution in [3.05, 3.63) is 58.3 Å². The molecule has 1 aromatic carbocycles. The molecule has 0 spiro atoms.